The molecule has 0 spiro atoms. The van der Waals surface area contributed by atoms with Crippen LogP contribution in [0.25, 0.3) is 0 Å². The number of carbonyl (C=O) groups excluding carboxylic acids is 1. The normalized spacial score (nSPS) is 16.5. The van der Waals surface area contributed by atoms with Crippen LogP contribution in [0.3, 0.4) is 0 Å². The third-order valence-corrected chi connectivity index (χ3v) is 6.06. The fraction of sp³-hybridized carbons (Fsp3) is 0.381. The van der Waals surface area contributed by atoms with E-state index in [-0.39, 0.29) is 16.8 Å². The molecule has 1 heterocycles. The molecule has 0 saturated carbocycles. The number of nitrogens with one attached hydrogen (secondary N) is 1. The lowest BCUT2D eigenvalue weighted by Crippen LogP contribution is -2.29. The summed E-state index contributed by atoms with van der Waals surface area (Å²) in [4.78, 5) is 15.0. The van der Waals surface area contributed by atoms with Crippen molar-refractivity contribution in [2.45, 2.75) is 43.7 Å². The maximum Gasteiger partial charge on any atom is 0.251 e. The Labute approximate surface area is 166 Å². The first-order valence-electron chi connectivity index (χ1n) is 9.58. The Balaban J connectivity index is 1.59. The fourth-order valence-electron chi connectivity index (χ4n) is 3.45. The van der Waals surface area contributed by atoms with Gasteiger partial charge in [-0.2, -0.15) is 0 Å². The van der Waals surface area contributed by atoms with E-state index in [4.69, 9.17) is 5.14 Å². The van der Waals surface area contributed by atoms with E-state index < -0.39 is 10.0 Å². The molecule has 2 aromatic rings. The Hall–Kier alpha value is -2.22. The molecule has 7 heteroatoms. The molecule has 0 bridgehead atoms. The van der Waals surface area contributed by atoms with Crippen molar-refractivity contribution in [2.75, 3.05) is 13.1 Å². The SMILES string of the molecule is C[C@H](NC(=O)c1ccc(CN2CCCCC2)cc1)c1ccc(S(N)(=O)=O)cc1. The molecule has 1 aliphatic heterocycles. The summed E-state index contributed by atoms with van der Waals surface area (Å²) in [6.07, 6.45) is 3.84. The van der Waals surface area contributed by atoms with Crippen molar-refractivity contribution in [3.8, 4) is 0 Å². The predicted octanol–water partition coefficient (Wildman–Crippen LogP) is 2.81. The molecule has 6 nitrogen and oxygen atoms in total. The van der Waals surface area contributed by atoms with Crippen LogP contribution >= 0.6 is 0 Å². The van der Waals surface area contributed by atoms with Crippen LogP contribution in [0, 0.1) is 0 Å². The summed E-state index contributed by atoms with van der Waals surface area (Å²) >= 11 is 0. The molecule has 3 N–H and O–H groups in total. The highest BCUT2D eigenvalue weighted by molar-refractivity contribution is 7.89. The van der Waals surface area contributed by atoms with Crippen LogP contribution in [0.2, 0.25) is 0 Å². The summed E-state index contributed by atoms with van der Waals surface area (Å²) < 4.78 is 22.7. The first-order valence-corrected chi connectivity index (χ1v) is 11.1. The standard InChI is InChI=1S/C21H27N3O3S/c1-16(18-9-11-20(12-10-18)28(22,26)27)23-21(25)19-7-5-17(6-8-19)15-24-13-3-2-4-14-24/h5-12,16H,2-4,13-15H2,1H3,(H,23,25)(H2,22,26,27)/t16-/m0/s1. The largest absolute Gasteiger partial charge is 0.346 e. The smallest absolute Gasteiger partial charge is 0.251 e. The minimum absolute atomic E-state index is 0.0547. The molecule has 1 aliphatic rings. The zero-order valence-corrected chi connectivity index (χ0v) is 16.9. The second kappa shape index (κ2) is 8.86. The maximum atomic E-state index is 12.5. The van der Waals surface area contributed by atoms with Gasteiger partial charge in [-0.05, 0) is 68.2 Å². The van der Waals surface area contributed by atoms with Gasteiger partial charge in [-0.3, -0.25) is 9.69 Å². The molecule has 2 aromatic carbocycles. The van der Waals surface area contributed by atoms with Crippen molar-refractivity contribution in [3.63, 3.8) is 0 Å². The number of hydrogen-bond acceptors (Lipinski definition) is 4. The maximum absolute atomic E-state index is 12.5. The van der Waals surface area contributed by atoms with Crippen LogP contribution in [0.15, 0.2) is 53.4 Å². The third kappa shape index (κ3) is 5.41. The van der Waals surface area contributed by atoms with Crippen molar-refractivity contribution in [3.05, 3.63) is 65.2 Å². The fourth-order valence-corrected chi connectivity index (χ4v) is 3.96. The van der Waals surface area contributed by atoms with Crippen LogP contribution < -0.4 is 10.5 Å². The van der Waals surface area contributed by atoms with Crippen molar-refractivity contribution >= 4 is 15.9 Å². The number of amides is 1. The lowest BCUT2D eigenvalue weighted by atomic mass is 10.1. The Morgan fingerprint density at radius 3 is 2.21 bits per heavy atom. The highest BCUT2D eigenvalue weighted by Gasteiger charge is 2.14. The molecule has 1 saturated heterocycles. The number of likely N-dealkylation sites (tertiary alicyclic amines) is 1. The molecule has 1 amide bonds. The van der Waals surface area contributed by atoms with Crippen LogP contribution in [0.1, 0.15) is 53.7 Å². The zero-order chi connectivity index (χ0) is 20.1. The minimum atomic E-state index is -3.72. The van der Waals surface area contributed by atoms with Crippen molar-refractivity contribution < 1.29 is 13.2 Å². The lowest BCUT2D eigenvalue weighted by Gasteiger charge is -2.26. The van der Waals surface area contributed by atoms with E-state index >= 15 is 0 Å². The summed E-state index contributed by atoms with van der Waals surface area (Å²) in [5.74, 6) is -0.160. The number of sulfonamides is 1. The van der Waals surface area contributed by atoms with Gasteiger partial charge in [0, 0.05) is 12.1 Å². The van der Waals surface area contributed by atoms with Gasteiger partial charge in [0.1, 0.15) is 0 Å². The van der Waals surface area contributed by atoms with E-state index in [9.17, 15) is 13.2 Å². The van der Waals surface area contributed by atoms with Crippen LogP contribution in [-0.2, 0) is 16.6 Å². The molecule has 0 aromatic heterocycles. The van der Waals surface area contributed by atoms with Crippen molar-refractivity contribution in [2.24, 2.45) is 5.14 Å². The van der Waals surface area contributed by atoms with Gasteiger partial charge in [0.05, 0.1) is 10.9 Å². The van der Waals surface area contributed by atoms with Gasteiger partial charge in [0.25, 0.3) is 5.91 Å². The summed E-state index contributed by atoms with van der Waals surface area (Å²) in [6, 6.07) is 13.7. The number of hydrogen-bond donors (Lipinski definition) is 2. The third-order valence-electron chi connectivity index (χ3n) is 5.13. The molecule has 0 unspecified atom stereocenters. The van der Waals surface area contributed by atoms with Gasteiger partial charge in [-0.15, -0.1) is 0 Å². The number of nitrogens with zero attached hydrogens (tertiary/aromatic N) is 1. The van der Waals surface area contributed by atoms with Gasteiger partial charge < -0.3 is 5.32 Å². The summed E-state index contributed by atoms with van der Waals surface area (Å²) in [5, 5.41) is 8.05. The van der Waals surface area contributed by atoms with Crippen molar-refractivity contribution in [1.29, 1.82) is 0 Å². The molecule has 150 valence electrons. The average Bonchev–Trinajstić information content (AvgIpc) is 2.68. The number of nitrogens with two attached hydrogens (primary N) is 1. The van der Waals surface area contributed by atoms with Gasteiger partial charge in [0.15, 0.2) is 0 Å². The lowest BCUT2D eigenvalue weighted by molar-refractivity contribution is 0.0940. The van der Waals surface area contributed by atoms with Gasteiger partial charge in [-0.25, -0.2) is 13.6 Å². The molecule has 0 radical (unpaired) electrons. The first kappa shape index (κ1) is 20.5. The Morgan fingerprint density at radius 1 is 1.04 bits per heavy atom. The molecule has 0 aliphatic carbocycles. The van der Waals surface area contributed by atoms with Gasteiger partial charge in [0.2, 0.25) is 10.0 Å². The second-order valence-electron chi connectivity index (χ2n) is 7.34. The highest BCUT2D eigenvalue weighted by Crippen LogP contribution is 2.17. The van der Waals surface area contributed by atoms with Crippen LogP contribution in [-0.4, -0.2) is 32.3 Å². The molecule has 1 atom stereocenters. The van der Waals surface area contributed by atoms with Crippen molar-refractivity contribution in [1.82, 2.24) is 10.2 Å². The first-order chi connectivity index (χ1) is 13.3. The number of benzene rings is 2. The number of rotatable bonds is 6. The number of piperidine rings is 1. The predicted molar refractivity (Wildman–Crippen MR) is 109 cm³/mol. The van der Waals surface area contributed by atoms with E-state index in [0.29, 0.717) is 5.56 Å². The quantitative estimate of drug-likeness (QED) is 0.778. The van der Waals surface area contributed by atoms with E-state index in [1.807, 2.05) is 31.2 Å². The molecule has 28 heavy (non-hydrogen) atoms. The minimum Gasteiger partial charge on any atom is -0.346 e. The van der Waals surface area contributed by atoms with Crippen LogP contribution in [0.5, 0.6) is 0 Å². The average molecular weight is 402 g/mol. The second-order valence-corrected chi connectivity index (χ2v) is 8.90. The monoisotopic (exact) mass is 401 g/mol. The summed E-state index contributed by atoms with van der Waals surface area (Å²) in [5.41, 5.74) is 2.63. The molecular formula is C21H27N3O3S. The topological polar surface area (TPSA) is 92.5 Å². The highest BCUT2D eigenvalue weighted by atomic mass is 32.2. The summed E-state index contributed by atoms with van der Waals surface area (Å²) in [6.45, 7) is 5.07. The zero-order valence-electron chi connectivity index (χ0n) is 16.1. The number of carbonyl (C=O) groups is 1. The Morgan fingerprint density at radius 2 is 1.64 bits per heavy atom. The van der Waals surface area contributed by atoms with Gasteiger partial charge in [-0.1, -0.05) is 30.7 Å². The van der Waals surface area contributed by atoms with Gasteiger partial charge >= 0.3 is 0 Å². The summed E-state index contributed by atoms with van der Waals surface area (Å²) in [7, 11) is -3.72. The molecule has 3 rings (SSSR count). The Bertz CT molecular complexity index is 903. The number of primary sulfonamides is 1. The Kier molecular flexibility index (Phi) is 6.49. The molecule has 1 fully saturated rings. The van der Waals surface area contributed by atoms with E-state index in [1.165, 1.54) is 37.0 Å². The van der Waals surface area contributed by atoms with E-state index in [0.717, 1.165) is 25.2 Å². The van der Waals surface area contributed by atoms with E-state index in [2.05, 4.69) is 10.2 Å². The van der Waals surface area contributed by atoms with E-state index in [1.54, 1.807) is 12.1 Å². The molecular weight excluding hydrogens is 374 g/mol. The van der Waals surface area contributed by atoms with Crippen LogP contribution in [0.4, 0.5) is 0 Å².